The van der Waals surface area contributed by atoms with Gasteiger partial charge in [0.1, 0.15) is 12.0 Å². The Bertz CT molecular complexity index is 651. The summed E-state index contributed by atoms with van der Waals surface area (Å²) < 4.78 is 19.3. The summed E-state index contributed by atoms with van der Waals surface area (Å²) in [5.74, 6) is -0.220. The Morgan fingerprint density at radius 2 is 1.85 bits per heavy atom. The summed E-state index contributed by atoms with van der Waals surface area (Å²) in [7, 11) is 0. The number of hydrogen-bond donors (Lipinski definition) is 1. The molecule has 0 spiro atoms. The molecule has 0 amide bonds. The standard InChI is InChI=1S/C17H18FNO/c1-11-19-16-8-7-13(10-15(16)17(2,3)20-11)12-5-4-6-14(18)9-12/h4-11,19H,1-3H3. The van der Waals surface area contributed by atoms with Crippen LogP contribution in [0.1, 0.15) is 26.3 Å². The number of halogens is 1. The van der Waals surface area contributed by atoms with Gasteiger partial charge in [-0.1, -0.05) is 18.2 Å². The maximum atomic E-state index is 13.4. The highest BCUT2D eigenvalue weighted by Gasteiger charge is 2.31. The fourth-order valence-electron chi connectivity index (χ4n) is 2.77. The molecule has 1 aliphatic rings. The average molecular weight is 271 g/mol. The van der Waals surface area contributed by atoms with E-state index in [1.54, 1.807) is 12.1 Å². The van der Waals surface area contributed by atoms with Crippen molar-refractivity contribution in [2.45, 2.75) is 32.6 Å². The highest BCUT2D eigenvalue weighted by Crippen LogP contribution is 2.39. The highest BCUT2D eigenvalue weighted by molar-refractivity contribution is 5.70. The van der Waals surface area contributed by atoms with Gasteiger partial charge in [0.05, 0.1) is 5.60 Å². The quantitative estimate of drug-likeness (QED) is 0.823. The summed E-state index contributed by atoms with van der Waals surface area (Å²) in [5, 5.41) is 3.31. The zero-order valence-electron chi connectivity index (χ0n) is 11.9. The lowest BCUT2D eigenvalue weighted by molar-refractivity contribution is -0.0632. The van der Waals surface area contributed by atoms with Crippen LogP contribution in [-0.4, -0.2) is 6.23 Å². The van der Waals surface area contributed by atoms with Crippen molar-refractivity contribution in [3.05, 3.63) is 53.8 Å². The number of benzene rings is 2. The molecule has 0 aliphatic carbocycles. The molecule has 3 heteroatoms. The fourth-order valence-corrected chi connectivity index (χ4v) is 2.77. The lowest BCUT2D eigenvalue weighted by Crippen LogP contribution is -2.37. The lowest BCUT2D eigenvalue weighted by Gasteiger charge is -2.38. The van der Waals surface area contributed by atoms with E-state index in [1.807, 2.05) is 25.1 Å². The minimum absolute atomic E-state index is 0.0162. The van der Waals surface area contributed by atoms with E-state index in [0.717, 1.165) is 22.4 Å². The van der Waals surface area contributed by atoms with Gasteiger partial charge in [-0.2, -0.15) is 0 Å². The van der Waals surface area contributed by atoms with Crippen LogP contribution < -0.4 is 5.32 Å². The molecular weight excluding hydrogens is 253 g/mol. The van der Waals surface area contributed by atoms with E-state index in [9.17, 15) is 4.39 Å². The molecule has 0 bridgehead atoms. The molecule has 0 fully saturated rings. The van der Waals surface area contributed by atoms with Gasteiger partial charge in [-0.05, 0) is 56.2 Å². The van der Waals surface area contributed by atoms with Crippen molar-refractivity contribution in [1.29, 1.82) is 0 Å². The first-order valence-electron chi connectivity index (χ1n) is 6.80. The van der Waals surface area contributed by atoms with Gasteiger partial charge < -0.3 is 10.1 Å². The normalized spacial score (nSPS) is 20.1. The summed E-state index contributed by atoms with van der Waals surface area (Å²) in [4.78, 5) is 0. The molecule has 1 unspecified atom stereocenters. The Balaban J connectivity index is 2.09. The van der Waals surface area contributed by atoms with Crippen LogP contribution in [0.4, 0.5) is 10.1 Å². The van der Waals surface area contributed by atoms with Crippen molar-refractivity contribution in [2.75, 3.05) is 5.32 Å². The molecule has 2 nitrogen and oxygen atoms in total. The summed E-state index contributed by atoms with van der Waals surface area (Å²) in [5.41, 5.74) is 3.69. The lowest BCUT2D eigenvalue weighted by atomic mass is 9.91. The Morgan fingerprint density at radius 1 is 1.10 bits per heavy atom. The predicted molar refractivity (Wildman–Crippen MR) is 79.0 cm³/mol. The topological polar surface area (TPSA) is 21.3 Å². The third kappa shape index (κ3) is 2.29. The molecule has 104 valence electrons. The average Bonchev–Trinajstić information content (AvgIpc) is 2.37. The Hall–Kier alpha value is -1.87. The first-order chi connectivity index (χ1) is 9.45. The fraction of sp³-hybridized carbons (Fsp3) is 0.294. The van der Waals surface area contributed by atoms with Crippen LogP contribution in [-0.2, 0) is 10.3 Å². The van der Waals surface area contributed by atoms with Crippen LogP contribution in [0.5, 0.6) is 0 Å². The van der Waals surface area contributed by atoms with Gasteiger partial charge in [-0.3, -0.25) is 0 Å². The Morgan fingerprint density at radius 3 is 2.60 bits per heavy atom. The van der Waals surface area contributed by atoms with Gasteiger partial charge >= 0.3 is 0 Å². The maximum absolute atomic E-state index is 13.4. The highest BCUT2D eigenvalue weighted by atomic mass is 19.1. The maximum Gasteiger partial charge on any atom is 0.126 e. The minimum atomic E-state index is -0.358. The van der Waals surface area contributed by atoms with Crippen LogP contribution in [0.15, 0.2) is 42.5 Å². The second kappa shape index (κ2) is 4.60. The molecule has 2 aromatic carbocycles. The molecule has 3 rings (SSSR count). The van der Waals surface area contributed by atoms with Gasteiger partial charge in [-0.15, -0.1) is 0 Å². The van der Waals surface area contributed by atoms with Crippen molar-refractivity contribution in [1.82, 2.24) is 0 Å². The van der Waals surface area contributed by atoms with E-state index in [4.69, 9.17) is 4.74 Å². The van der Waals surface area contributed by atoms with Gasteiger partial charge in [0.15, 0.2) is 0 Å². The smallest absolute Gasteiger partial charge is 0.126 e. The van der Waals surface area contributed by atoms with E-state index in [1.165, 1.54) is 6.07 Å². The Labute approximate surface area is 118 Å². The summed E-state index contributed by atoms with van der Waals surface area (Å²) >= 11 is 0. The van der Waals surface area contributed by atoms with Crippen molar-refractivity contribution in [3.8, 4) is 11.1 Å². The third-order valence-electron chi connectivity index (χ3n) is 3.66. The van der Waals surface area contributed by atoms with Gasteiger partial charge in [0, 0.05) is 11.3 Å². The van der Waals surface area contributed by atoms with E-state index in [2.05, 4.69) is 25.2 Å². The van der Waals surface area contributed by atoms with Crippen molar-refractivity contribution in [3.63, 3.8) is 0 Å². The minimum Gasteiger partial charge on any atom is -0.360 e. The van der Waals surface area contributed by atoms with Crippen molar-refractivity contribution < 1.29 is 9.13 Å². The summed E-state index contributed by atoms with van der Waals surface area (Å²) in [6.07, 6.45) is -0.0162. The molecule has 2 aromatic rings. The second-order valence-electron chi connectivity index (χ2n) is 5.69. The largest absolute Gasteiger partial charge is 0.360 e. The first-order valence-corrected chi connectivity index (χ1v) is 6.80. The molecule has 1 aliphatic heterocycles. The monoisotopic (exact) mass is 271 g/mol. The van der Waals surface area contributed by atoms with Crippen molar-refractivity contribution >= 4 is 5.69 Å². The van der Waals surface area contributed by atoms with Gasteiger partial charge in [-0.25, -0.2) is 4.39 Å². The van der Waals surface area contributed by atoms with E-state index < -0.39 is 0 Å². The molecule has 1 N–H and O–H groups in total. The molecule has 1 atom stereocenters. The number of hydrogen-bond acceptors (Lipinski definition) is 2. The molecular formula is C17H18FNO. The first kappa shape index (κ1) is 13.1. The van der Waals surface area contributed by atoms with Crippen LogP contribution in [0, 0.1) is 5.82 Å². The summed E-state index contributed by atoms with van der Waals surface area (Å²) in [6, 6.07) is 12.8. The van der Waals surface area contributed by atoms with Crippen molar-refractivity contribution in [2.24, 2.45) is 0 Å². The molecule has 0 saturated heterocycles. The second-order valence-corrected chi connectivity index (χ2v) is 5.69. The SMILES string of the molecule is CC1Nc2ccc(-c3cccc(F)c3)cc2C(C)(C)O1. The van der Waals surface area contributed by atoms with Crippen LogP contribution >= 0.6 is 0 Å². The molecule has 0 radical (unpaired) electrons. The number of nitrogens with one attached hydrogen (secondary N) is 1. The summed E-state index contributed by atoms with van der Waals surface area (Å²) in [6.45, 7) is 6.10. The van der Waals surface area contributed by atoms with E-state index in [-0.39, 0.29) is 17.6 Å². The Kier molecular flexibility index (Phi) is 3.02. The number of fused-ring (bicyclic) bond motifs is 1. The molecule has 20 heavy (non-hydrogen) atoms. The molecule has 0 aromatic heterocycles. The van der Waals surface area contributed by atoms with Crippen LogP contribution in [0.25, 0.3) is 11.1 Å². The van der Waals surface area contributed by atoms with Crippen LogP contribution in [0.2, 0.25) is 0 Å². The molecule has 1 heterocycles. The van der Waals surface area contributed by atoms with E-state index >= 15 is 0 Å². The van der Waals surface area contributed by atoms with Gasteiger partial charge in [0.25, 0.3) is 0 Å². The third-order valence-corrected chi connectivity index (χ3v) is 3.66. The van der Waals surface area contributed by atoms with Crippen LogP contribution in [0.3, 0.4) is 0 Å². The number of rotatable bonds is 1. The predicted octanol–water partition coefficient (Wildman–Crippen LogP) is 4.52. The van der Waals surface area contributed by atoms with Gasteiger partial charge in [0.2, 0.25) is 0 Å². The number of anilines is 1. The number of ether oxygens (including phenoxy) is 1. The zero-order valence-corrected chi connectivity index (χ0v) is 11.9. The zero-order chi connectivity index (χ0) is 14.3. The van der Waals surface area contributed by atoms with E-state index in [0.29, 0.717) is 0 Å². The molecule has 0 saturated carbocycles.